The van der Waals surface area contributed by atoms with Crippen LogP contribution in [0.1, 0.15) is 117 Å². The summed E-state index contributed by atoms with van der Waals surface area (Å²) in [5.41, 5.74) is 0. The van der Waals surface area contributed by atoms with Crippen LogP contribution in [-0.2, 0) is 9.59 Å². The number of carboxylic acid groups (broad SMARTS) is 2. The van der Waals surface area contributed by atoms with Gasteiger partial charge in [0.1, 0.15) is 0 Å². The van der Waals surface area contributed by atoms with Crippen molar-refractivity contribution in [3.63, 3.8) is 0 Å². The van der Waals surface area contributed by atoms with Gasteiger partial charge in [-0.2, -0.15) is 0 Å². The molecule has 0 saturated heterocycles. The SMILES string of the molecule is CCCCCCCCCC=CC=CC=CC=CC=CC=CC(=O)O.CCCCCCCCCC=CC=CC=CC=CC=CC=CC(=O)O. The van der Waals surface area contributed by atoms with E-state index in [-0.39, 0.29) is 0 Å². The molecule has 0 aromatic rings. The summed E-state index contributed by atoms with van der Waals surface area (Å²) < 4.78 is 0. The Morgan fingerprint density at radius 1 is 0.333 bits per heavy atom. The van der Waals surface area contributed by atoms with Gasteiger partial charge >= 0.3 is 11.9 Å². The first kappa shape index (κ1) is 45.9. The second-order valence-electron chi connectivity index (χ2n) is 11.2. The Morgan fingerprint density at radius 3 is 0.833 bits per heavy atom. The van der Waals surface area contributed by atoms with Gasteiger partial charge in [0.15, 0.2) is 0 Å². The molecule has 0 aromatic carbocycles. The number of hydrogen-bond acceptors (Lipinski definition) is 2. The van der Waals surface area contributed by atoms with Crippen molar-refractivity contribution >= 4 is 11.9 Å². The summed E-state index contributed by atoms with van der Waals surface area (Å²) in [6.07, 6.45) is 65.5. The summed E-state index contributed by atoms with van der Waals surface area (Å²) in [5.74, 6) is -1.87. The van der Waals surface area contributed by atoms with Gasteiger partial charge in [-0.15, -0.1) is 0 Å². The van der Waals surface area contributed by atoms with Gasteiger partial charge in [-0.3, -0.25) is 0 Å². The van der Waals surface area contributed by atoms with Crippen LogP contribution in [0.3, 0.4) is 0 Å². The van der Waals surface area contributed by atoms with Crippen molar-refractivity contribution in [3.8, 4) is 0 Å². The maximum Gasteiger partial charge on any atom is 0.328 e. The molecule has 0 bridgehead atoms. The zero-order chi connectivity index (χ0) is 35.4. The first-order chi connectivity index (χ1) is 23.5. The molecule has 0 spiro atoms. The van der Waals surface area contributed by atoms with Crippen LogP contribution < -0.4 is 0 Å². The standard InChI is InChI=1S/2C22H32O2/c2*1-2-3-4-5-6-7-8-9-10-11-12-13-14-15-16-17-18-19-20-21-22(23)24/h2*10-21H,2-9H2,1H3,(H,23,24). The van der Waals surface area contributed by atoms with E-state index < -0.39 is 11.9 Å². The van der Waals surface area contributed by atoms with E-state index in [9.17, 15) is 9.59 Å². The molecule has 0 radical (unpaired) electrons. The maximum absolute atomic E-state index is 10.2. The van der Waals surface area contributed by atoms with E-state index in [1.54, 1.807) is 24.3 Å². The number of carbonyl (C=O) groups is 2. The van der Waals surface area contributed by atoms with Crippen LogP contribution in [0.2, 0.25) is 0 Å². The molecule has 0 rings (SSSR count). The molecule has 0 fully saturated rings. The fraction of sp³-hybridized carbons (Fsp3) is 0.409. The molecular weight excluding hydrogens is 592 g/mol. The molecule has 0 aliphatic rings. The monoisotopic (exact) mass is 656 g/mol. The Kier molecular flexibility index (Phi) is 41.0. The molecule has 4 heteroatoms. The average Bonchev–Trinajstić information content (AvgIpc) is 3.07. The summed E-state index contributed by atoms with van der Waals surface area (Å²) in [6, 6.07) is 0. The molecule has 0 aliphatic carbocycles. The molecule has 2 N–H and O–H groups in total. The predicted octanol–water partition coefficient (Wildman–Crippen LogP) is 13.1. The molecule has 48 heavy (non-hydrogen) atoms. The lowest BCUT2D eigenvalue weighted by atomic mass is 10.1. The van der Waals surface area contributed by atoms with E-state index in [1.807, 2.05) is 72.9 Å². The lowest BCUT2D eigenvalue weighted by molar-refractivity contribution is -0.132. The molecule has 0 unspecified atom stereocenters. The summed E-state index contributed by atoms with van der Waals surface area (Å²) in [5, 5.41) is 16.8. The lowest BCUT2D eigenvalue weighted by Gasteiger charge is -1.98. The lowest BCUT2D eigenvalue weighted by Crippen LogP contribution is -1.84. The zero-order valence-electron chi connectivity index (χ0n) is 29.9. The van der Waals surface area contributed by atoms with Crippen LogP contribution in [0.25, 0.3) is 0 Å². The maximum atomic E-state index is 10.2. The largest absolute Gasteiger partial charge is 0.478 e. The van der Waals surface area contributed by atoms with Crippen LogP contribution in [-0.4, -0.2) is 22.2 Å². The van der Waals surface area contributed by atoms with Crippen LogP contribution in [0.4, 0.5) is 0 Å². The number of carboxylic acids is 2. The van der Waals surface area contributed by atoms with E-state index >= 15 is 0 Å². The summed E-state index contributed by atoms with van der Waals surface area (Å²) >= 11 is 0. The molecule has 0 atom stereocenters. The van der Waals surface area contributed by atoms with Crippen molar-refractivity contribution < 1.29 is 19.8 Å². The Balaban J connectivity index is 0. The van der Waals surface area contributed by atoms with Crippen LogP contribution in [0.5, 0.6) is 0 Å². The molecule has 0 heterocycles. The second-order valence-corrected chi connectivity index (χ2v) is 11.2. The Bertz CT molecular complexity index is 1010. The van der Waals surface area contributed by atoms with Crippen molar-refractivity contribution in [3.05, 3.63) is 146 Å². The van der Waals surface area contributed by atoms with E-state index in [1.165, 1.54) is 102 Å². The van der Waals surface area contributed by atoms with Crippen molar-refractivity contribution in [2.75, 3.05) is 0 Å². The van der Waals surface area contributed by atoms with Gasteiger partial charge in [-0.05, 0) is 25.7 Å². The first-order valence-corrected chi connectivity index (χ1v) is 18.0. The fourth-order valence-electron chi connectivity index (χ4n) is 4.09. The van der Waals surface area contributed by atoms with Gasteiger partial charge < -0.3 is 10.2 Å². The number of rotatable bonds is 28. The fourth-order valence-corrected chi connectivity index (χ4v) is 4.09. The number of unbranched alkanes of at least 4 members (excludes halogenated alkanes) is 14. The first-order valence-electron chi connectivity index (χ1n) is 18.0. The Hall–Kier alpha value is -4.18. The van der Waals surface area contributed by atoms with Crippen LogP contribution in [0.15, 0.2) is 146 Å². The molecule has 0 amide bonds. The summed E-state index contributed by atoms with van der Waals surface area (Å²) in [7, 11) is 0. The van der Waals surface area contributed by atoms with Gasteiger partial charge in [0.05, 0.1) is 0 Å². The Labute approximate surface area is 293 Å². The van der Waals surface area contributed by atoms with Crippen molar-refractivity contribution in [1.29, 1.82) is 0 Å². The molecule has 0 aromatic heterocycles. The number of hydrogen-bond donors (Lipinski definition) is 2. The minimum Gasteiger partial charge on any atom is -0.478 e. The van der Waals surface area contributed by atoms with Gasteiger partial charge in [-0.1, -0.05) is 225 Å². The quantitative estimate of drug-likeness (QED) is 0.0499. The highest BCUT2D eigenvalue weighted by atomic mass is 16.4. The highest BCUT2D eigenvalue weighted by molar-refractivity contribution is 5.80. The molecule has 0 saturated carbocycles. The molecule has 4 nitrogen and oxygen atoms in total. The molecule has 0 aliphatic heterocycles. The third-order valence-electron chi connectivity index (χ3n) is 6.70. The van der Waals surface area contributed by atoms with E-state index in [4.69, 9.17) is 10.2 Å². The second kappa shape index (κ2) is 42.8. The van der Waals surface area contributed by atoms with Gasteiger partial charge in [0.2, 0.25) is 0 Å². The summed E-state index contributed by atoms with van der Waals surface area (Å²) in [4.78, 5) is 20.4. The smallest absolute Gasteiger partial charge is 0.328 e. The van der Waals surface area contributed by atoms with Crippen LogP contribution in [0, 0.1) is 0 Å². The number of aliphatic carboxylic acids is 2. The topological polar surface area (TPSA) is 74.6 Å². The van der Waals surface area contributed by atoms with Gasteiger partial charge in [-0.25, -0.2) is 9.59 Å². The third-order valence-corrected chi connectivity index (χ3v) is 6.70. The predicted molar refractivity (Wildman–Crippen MR) is 210 cm³/mol. The highest BCUT2D eigenvalue weighted by Gasteiger charge is 1.90. The van der Waals surface area contributed by atoms with Gasteiger partial charge in [0.25, 0.3) is 0 Å². The molecular formula is C44H64O4. The minimum absolute atomic E-state index is 0.936. The Morgan fingerprint density at radius 2 is 0.562 bits per heavy atom. The minimum atomic E-state index is -0.936. The van der Waals surface area contributed by atoms with Crippen molar-refractivity contribution in [2.24, 2.45) is 0 Å². The zero-order valence-corrected chi connectivity index (χ0v) is 29.9. The van der Waals surface area contributed by atoms with Crippen molar-refractivity contribution in [2.45, 2.75) is 117 Å². The van der Waals surface area contributed by atoms with E-state index in [0.717, 1.165) is 25.0 Å². The highest BCUT2D eigenvalue weighted by Crippen LogP contribution is 2.09. The van der Waals surface area contributed by atoms with E-state index in [0.29, 0.717) is 0 Å². The molecule has 264 valence electrons. The van der Waals surface area contributed by atoms with Gasteiger partial charge in [0, 0.05) is 12.2 Å². The van der Waals surface area contributed by atoms with Crippen LogP contribution >= 0.6 is 0 Å². The summed E-state index contributed by atoms with van der Waals surface area (Å²) in [6.45, 7) is 4.51. The number of allylic oxidation sites excluding steroid dienone is 22. The normalized spacial score (nSPS) is 13.0. The third kappa shape index (κ3) is 48.7. The van der Waals surface area contributed by atoms with Crippen molar-refractivity contribution in [1.82, 2.24) is 0 Å². The average molecular weight is 657 g/mol. The van der Waals surface area contributed by atoms with E-state index in [2.05, 4.69) is 38.2 Å².